The van der Waals surface area contributed by atoms with Gasteiger partial charge in [0.25, 0.3) is 0 Å². The molecule has 0 spiro atoms. The second-order valence-electron chi connectivity index (χ2n) is 5.54. The summed E-state index contributed by atoms with van der Waals surface area (Å²) in [5.41, 5.74) is 1.96. The number of halogens is 2. The number of benzene rings is 2. The first-order valence-electron chi connectivity index (χ1n) is 7.79. The Kier molecular flexibility index (Phi) is 5.09. The van der Waals surface area contributed by atoms with E-state index in [9.17, 15) is 13.6 Å². The van der Waals surface area contributed by atoms with Gasteiger partial charge in [0.1, 0.15) is 11.6 Å². The van der Waals surface area contributed by atoms with Crippen LogP contribution in [0.2, 0.25) is 0 Å². The molecule has 0 atom stereocenters. The molecule has 1 aromatic heterocycles. The van der Waals surface area contributed by atoms with E-state index in [1.165, 1.54) is 24.3 Å². The Bertz CT molecular complexity index is 859. The molecule has 0 unspecified atom stereocenters. The number of nitrogens with zero attached hydrogens (tertiary/aromatic N) is 1. The van der Waals surface area contributed by atoms with Crippen LogP contribution < -0.4 is 10.6 Å². The van der Waals surface area contributed by atoms with E-state index in [1.807, 2.05) is 22.9 Å². The molecule has 3 rings (SSSR count). The monoisotopic (exact) mass is 341 g/mol. The lowest BCUT2D eigenvalue weighted by atomic mass is 10.2. The van der Waals surface area contributed by atoms with E-state index in [0.717, 1.165) is 11.3 Å². The van der Waals surface area contributed by atoms with Crippen molar-refractivity contribution >= 4 is 11.7 Å². The van der Waals surface area contributed by atoms with Crippen molar-refractivity contribution in [1.29, 1.82) is 0 Å². The summed E-state index contributed by atoms with van der Waals surface area (Å²) in [7, 11) is 0. The second kappa shape index (κ2) is 7.61. The SMILES string of the molecule is O=C(NCc1cccn1Cc1ccc(F)cc1)Nc1ccccc1F. The lowest BCUT2D eigenvalue weighted by Gasteiger charge is -2.11. The van der Waals surface area contributed by atoms with Crippen LogP contribution in [0, 0.1) is 11.6 Å². The van der Waals surface area contributed by atoms with Crippen molar-refractivity contribution in [1.82, 2.24) is 9.88 Å². The summed E-state index contributed by atoms with van der Waals surface area (Å²) in [5, 5.41) is 5.17. The average molecular weight is 341 g/mol. The van der Waals surface area contributed by atoms with Crippen LogP contribution in [0.4, 0.5) is 19.3 Å². The highest BCUT2D eigenvalue weighted by atomic mass is 19.1. The van der Waals surface area contributed by atoms with Crippen LogP contribution in [0.3, 0.4) is 0 Å². The molecular weight excluding hydrogens is 324 g/mol. The molecular formula is C19H17F2N3O. The zero-order valence-electron chi connectivity index (χ0n) is 13.4. The first-order valence-corrected chi connectivity index (χ1v) is 7.79. The van der Waals surface area contributed by atoms with E-state index in [-0.39, 0.29) is 18.0 Å². The largest absolute Gasteiger partial charge is 0.345 e. The predicted molar refractivity (Wildman–Crippen MR) is 92.2 cm³/mol. The van der Waals surface area contributed by atoms with Crippen molar-refractivity contribution in [2.24, 2.45) is 0 Å². The number of nitrogens with one attached hydrogen (secondary N) is 2. The standard InChI is InChI=1S/C19H17F2N3O/c20-15-9-7-14(8-10-15)13-24-11-3-4-16(24)12-22-19(25)23-18-6-2-1-5-17(18)21/h1-11H,12-13H2,(H2,22,23,25). The van der Waals surface area contributed by atoms with Gasteiger partial charge in [-0.3, -0.25) is 0 Å². The fourth-order valence-corrected chi connectivity index (χ4v) is 2.45. The minimum absolute atomic E-state index is 0.127. The van der Waals surface area contributed by atoms with Gasteiger partial charge in [-0.25, -0.2) is 13.6 Å². The molecule has 0 saturated heterocycles. The molecule has 0 radical (unpaired) electrons. The van der Waals surface area contributed by atoms with Crippen molar-refractivity contribution in [2.75, 3.05) is 5.32 Å². The molecule has 0 aliphatic carbocycles. The molecule has 0 saturated carbocycles. The highest BCUT2D eigenvalue weighted by Crippen LogP contribution is 2.12. The van der Waals surface area contributed by atoms with Crippen LogP contribution in [0.25, 0.3) is 0 Å². The molecule has 2 amide bonds. The van der Waals surface area contributed by atoms with Gasteiger partial charge in [-0.1, -0.05) is 24.3 Å². The minimum atomic E-state index is -0.489. The lowest BCUT2D eigenvalue weighted by molar-refractivity contribution is 0.251. The molecule has 3 aromatic rings. The number of hydrogen-bond donors (Lipinski definition) is 2. The molecule has 2 aromatic carbocycles. The number of urea groups is 1. The molecule has 0 aliphatic rings. The lowest BCUT2D eigenvalue weighted by Crippen LogP contribution is -2.29. The first kappa shape index (κ1) is 16.7. The van der Waals surface area contributed by atoms with Gasteiger partial charge in [0, 0.05) is 18.4 Å². The highest BCUT2D eigenvalue weighted by molar-refractivity contribution is 5.89. The van der Waals surface area contributed by atoms with Crippen LogP contribution in [0.5, 0.6) is 0 Å². The summed E-state index contributed by atoms with van der Waals surface area (Å²) in [6.07, 6.45) is 1.88. The molecule has 25 heavy (non-hydrogen) atoms. The maximum atomic E-state index is 13.5. The molecule has 0 aliphatic heterocycles. The number of aromatic nitrogens is 1. The van der Waals surface area contributed by atoms with Gasteiger partial charge < -0.3 is 15.2 Å². The molecule has 6 heteroatoms. The number of rotatable bonds is 5. The van der Waals surface area contributed by atoms with E-state index in [1.54, 1.807) is 24.3 Å². The van der Waals surface area contributed by atoms with Gasteiger partial charge in [0.2, 0.25) is 0 Å². The minimum Gasteiger partial charge on any atom is -0.345 e. The van der Waals surface area contributed by atoms with Crippen molar-refractivity contribution in [3.63, 3.8) is 0 Å². The van der Waals surface area contributed by atoms with E-state index >= 15 is 0 Å². The van der Waals surface area contributed by atoms with Crippen molar-refractivity contribution < 1.29 is 13.6 Å². The molecule has 0 fully saturated rings. The topological polar surface area (TPSA) is 46.1 Å². The van der Waals surface area contributed by atoms with Gasteiger partial charge in [-0.05, 0) is 42.0 Å². The fourth-order valence-electron chi connectivity index (χ4n) is 2.45. The summed E-state index contributed by atoms with van der Waals surface area (Å²) >= 11 is 0. The van der Waals surface area contributed by atoms with E-state index in [4.69, 9.17) is 0 Å². The summed E-state index contributed by atoms with van der Waals surface area (Å²) in [6.45, 7) is 0.855. The van der Waals surface area contributed by atoms with E-state index in [0.29, 0.717) is 6.54 Å². The Balaban J connectivity index is 1.59. The third-order valence-electron chi connectivity index (χ3n) is 3.74. The molecule has 1 heterocycles. The third-order valence-corrected chi connectivity index (χ3v) is 3.74. The molecule has 0 bridgehead atoms. The molecule has 2 N–H and O–H groups in total. The summed E-state index contributed by atoms with van der Waals surface area (Å²) < 4.78 is 28.5. The smallest absolute Gasteiger partial charge is 0.319 e. The Morgan fingerprint density at radius 3 is 2.48 bits per heavy atom. The quantitative estimate of drug-likeness (QED) is 0.720. The summed E-state index contributed by atoms with van der Waals surface area (Å²) in [6, 6.07) is 15.5. The Morgan fingerprint density at radius 2 is 1.72 bits per heavy atom. The van der Waals surface area contributed by atoms with Crippen LogP contribution in [0.1, 0.15) is 11.3 Å². The van der Waals surface area contributed by atoms with Crippen molar-refractivity contribution in [3.8, 4) is 0 Å². The van der Waals surface area contributed by atoms with Gasteiger partial charge in [-0.2, -0.15) is 0 Å². The van der Waals surface area contributed by atoms with Gasteiger partial charge in [0.05, 0.1) is 12.2 Å². The van der Waals surface area contributed by atoms with Crippen LogP contribution in [-0.2, 0) is 13.1 Å². The molecule has 4 nitrogen and oxygen atoms in total. The number of anilines is 1. The maximum Gasteiger partial charge on any atom is 0.319 e. The normalized spacial score (nSPS) is 10.5. The third kappa shape index (κ3) is 4.44. The zero-order valence-corrected chi connectivity index (χ0v) is 13.4. The van der Waals surface area contributed by atoms with Crippen molar-refractivity contribution in [2.45, 2.75) is 13.1 Å². The zero-order chi connectivity index (χ0) is 17.6. The Morgan fingerprint density at radius 1 is 0.960 bits per heavy atom. The summed E-state index contributed by atoms with van der Waals surface area (Å²) in [4.78, 5) is 11.9. The summed E-state index contributed by atoms with van der Waals surface area (Å²) in [5.74, 6) is -0.764. The second-order valence-corrected chi connectivity index (χ2v) is 5.54. The maximum absolute atomic E-state index is 13.5. The van der Waals surface area contributed by atoms with Gasteiger partial charge >= 0.3 is 6.03 Å². The number of amides is 2. The number of carbonyl (C=O) groups is 1. The fraction of sp³-hybridized carbons (Fsp3) is 0.105. The van der Waals surface area contributed by atoms with E-state index < -0.39 is 11.8 Å². The average Bonchev–Trinajstić information content (AvgIpc) is 3.04. The van der Waals surface area contributed by atoms with Crippen LogP contribution >= 0.6 is 0 Å². The molecule has 128 valence electrons. The highest BCUT2D eigenvalue weighted by Gasteiger charge is 2.07. The first-order chi connectivity index (χ1) is 12.1. The number of carbonyl (C=O) groups excluding carboxylic acids is 1. The van der Waals surface area contributed by atoms with Crippen LogP contribution in [-0.4, -0.2) is 10.6 Å². The van der Waals surface area contributed by atoms with E-state index in [2.05, 4.69) is 10.6 Å². The Hall–Kier alpha value is -3.15. The van der Waals surface area contributed by atoms with Gasteiger partial charge in [0.15, 0.2) is 0 Å². The number of hydrogen-bond acceptors (Lipinski definition) is 1. The Labute approximate surface area is 144 Å². The van der Waals surface area contributed by atoms with Crippen LogP contribution in [0.15, 0.2) is 66.9 Å². The number of para-hydroxylation sites is 1. The predicted octanol–water partition coefficient (Wildman–Crippen LogP) is 4.14. The van der Waals surface area contributed by atoms with Gasteiger partial charge in [-0.15, -0.1) is 0 Å². The van der Waals surface area contributed by atoms with Crippen molar-refractivity contribution in [3.05, 3.63) is 89.8 Å².